The van der Waals surface area contributed by atoms with Crippen LogP contribution in [0.5, 0.6) is 0 Å². The van der Waals surface area contributed by atoms with Gasteiger partial charge in [0.25, 0.3) is 0 Å². The molecule has 78 valence electrons. The first kappa shape index (κ1) is 11.5. The molecule has 1 atom stereocenters. The molecule has 1 rings (SSSR count). The van der Waals surface area contributed by atoms with E-state index in [4.69, 9.17) is 11.6 Å². The molecule has 1 aliphatic carbocycles. The first-order valence-corrected chi connectivity index (χ1v) is 5.68. The van der Waals surface area contributed by atoms with E-state index in [0.717, 1.165) is 38.5 Å². The van der Waals surface area contributed by atoms with E-state index in [9.17, 15) is 4.79 Å². The van der Waals surface area contributed by atoms with Gasteiger partial charge < -0.3 is 0 Å². The number of halogens is 1. The molecule has 0 bridgehead atoms. The lowest BCUT2D eigenvalue weighted by molar-refractivity contribution is -0.115. The lowest BCUT2D eigenvalue weighted by atomic mass is 9.99. The van der Waals surface area contributed by atoms with Crippen LogP contribution in [0.4, 0.5) is 0 Å². The number of hydrogen-bond donors (Lipinski definition) is 0. The fourth-order valence-corrected chi connectivity index (χ4v) is 1.81. The van der Waals surface area contributed by atoms with Gasteiger partial charge in [0.2, 0.25) is 5.24 Å². The Bertz CT molecular complexity index is 230. The Kier molecular flexibility index (Phi) is 5.62. The highest BCUT2D eigenvalue weighted by Gasteiger charge is 2.13. The summed E-state index contributed by atoms with van der Waals surface area (Å²) in [5.74, 6) is 0.0272. The molecule has 1 nitrogen and oxygen atoms in total. The number of hydrogen-bond acceptors (Lipinski definition) is 1. The zero-order valence-corrected chi connectivity index (χ0v) is 9.17. The molecule has 0 fully saturated rings. The normalized spacial score (nSPS) is 24.2. The molecule has 1 unspecified atom stereocenters. The van der Waals surface area contributed by atoms with Crippen molar-refractivity contribution in [3.8, 4) is 0 Å². The molecule has 0 aliphatic heterocycles. The van der Waals surface area contributed by atoms with Crippen LogP contribution in [0.1, 0.15) is 38.5 Å². The third kappa shape index (κ3) is 4.61. The van der Waals surface area contributed by atoms with E-state index >= 15 is 0 Å². The maximum atomic E-state index is 11.1. The van der Waals surface area contributed by atoms with Crippen LogP contribution >= 0.6 is 11.6 Å². The standard InChI is InChI=1S/C12H17ClO/c13-12(14)11-9-7-5-3-1-2-4-6-8-10-11/h1,3,6,8,11H,2,4-5,7,9-10H2. The molecule has 2 heteroatoms. The Morgan fingerprint density at radius 1 is 1.07 bits per heavy atom. The van der Waals surface area contributed by atoms with Gasteiger partial charge in [-0.3, -0.25) is 4.79 Å². The van der Waals surface area contributed by atoms with Crippen LogP contribution in [0.15, 0.2) is 24.3 Å². The van der Waals surface area contributed by atoms with Crippen LogP contribution in [0, 0.1) is 5.92 Å². The molecule has 0 radical (unpaired) electrons. The summed E-state index contributed by atoms with van der Waals surface area (Å²) in [6.07, 6.45) is 14.7. The van der Waals surface area contributed by atoms with Crippen LogP contribution in [0.25, 0.3) is 0 Å². The number of allylic oxidation sites excluding steroid dienone is 4. The fraction of sp³-hybridized carbons (Fsp3) is 0.583. The van der Waals surface area contributed by atoms with Crippen molar-refractivity contribution in [2.45, 2.75) is 38.5 Å². The molecule has 0 heterocycles. The molecule has 1 aliphatic rings. The smallest absolute Gasteiger partial charge is 0.225 e. The summed E-state index contributed by atoms with van der Waals surface area (Å²) >= 11 is 5.53. The summed E-state index contributed by atoms with van der Waals surface area (Å²) in [4.78, 5) is 11.1. The Morgan fingerprint density at radius 3 is 2.43 bits per heavy atom. The van der Waals surface area contributed by atoms with Gasteiger partial charge >= 0.3 is 0 Å². The van der Waals surface area contributed by atoms with Crippen molar-refractivity contribution in [1.29, 1.82) is 0 Å². The predicted molar refractivity (Wildman–Crippen MR) is 60.3 cm³/mol. The predicted octanol–water partition coefficient (Wildman–Crippen LogP) is 3.83. The van der Waals surface area contributed by atoms with Gasteiger partial charge in [-0.15, -0.1) is 0 Å². The number of rotatable bonds is 1. The monoisotopic (exact) mass is 212 g/mol. The maximum Gasteiger partial charge on any atom is 0.225 e. The minimum absolute atomic E-state index is 0.0272. The Hall–Kier alpha value is -0.560. The minimum atomic E-state index is -0.183. The quantitative estimate of drug-likeness (QED) is 0.477. The van der Waals surface area contributed by atoms with Crippen molar-refractivity contribution in [3.05, 3.63) is 24.3 Å². The van der Waals surface area contributed by atoms with Crippen LogP contribution < -0.4 is 0 Å². The van der Waals surface area contributed by atoms with E-state index in [-0.39, 0.29) is 11.2 Å². The average molecular weight is 213 g/mol. The molecule has 0 aromatic rings. The molecule has 0 aromatic heterocycles. The largest absolute Gasteiger partial charge is 0.281 e. The van der Waals surface area contributed by atoms with Crippen molar-refractivity contribution < 1.29 is 4.79 Å². The first-order valence-electron chi connectivity index (χ1n) is 5.30. The highest BCUT2D eigenvalue weighted by molar-refractivity contribution is 6.63. The molecule has 14 heavy (non-hydrogen) atoms. The molecule has 0 saturated heterocycles. The molecule has 0 saturated carbocycles. The van der Waals surface area contributed by atoms with Gasteiger partial charge in [0, 0.05) is 5.92 Å². The SMILES string of the molecule is O=C(Cl)C1CC=CCCC=CCCC1. The van der Waals surface area contributed by atoms with E-state index in [1.807, 2.05) is 0 Å². The van der Waals surface area contributed by atoms with Crippen LogP contribution in [-0.2, 0) is 4.79 Å². The van der Waals surface area contributed by atoms with Gasteiger partial charge in [-0.25, -0.2) is 0 Å². The van der Waals surface area contributed by atoms with Gasteiger partial charge in [-0.2, -0.15) is 0 Å². The van der Waals surface area contributed by atoms with E-state index < -0.39 is 0 Å². The fourth-order valence-electron chi connectivity index (χ4n) is 1.61. The summed E-state index contributed by atoms with van der Waals surface area (Å²) in [5, 5.41) is -0.183. The van der Waals surface area contributed by atoms with Gasteiger partial charge in [0.05, 0.1) is 0 Å². The van der Waals surface area contributed by atoms with Crippen molar-refractivity contribution in [3.63, 3.8) is 0 Å². The Labute approximate surface area is 90.8 Å². The highest BCUT2D eigenvalue weighted by atomic mass is 35.5. The van der Waals surface area contributed by atoms with Crippen LogP contribution in [-0.4, -0.2) is 5.24 Å². The van der Waals surface area contributed by atoms with Gasteiger partial charge in [0.1, 0.15) is 0 Å². The van der Waals surface area contributed by atoms with Gasteiger partial charge in [-0.1, -0.05) is 24.3 Å². The molecular formula is C12H17ClO. The summed E-state index contributed by atoms with van der Waals surface area (Å²) in [5.41, 5.74) is 0. The van der Waals surface area contributed by atoms with E-state index in [1.54, 1.807) is 0 Å². The van der Waals surface area contributed by atoms with Crippen LogP contribution in [0.3, 0.4) is 0 Å². The van der Waals surface area contributed by atoms with E-state index in [0.29, 0.717) is 0 Å². The van der Waals surface area contributed by atoms with Crippen molar-refractivity contribution in [2.75, 3.05) is 0 Å². The second-order valence-electron chi connectivity index (χ2n) is 3.69. The van der Waals surface area contributed by atoms with E-state index in [1.165, 1.54) is 0 Å². The van der Waals surface area contributed by atoms with Crippen molar-refractivity contribution in [1.82, 2.24) is 0 Å². The second kappa shape index (κ2) is 6.83. The van der Waals surface area contributed by atoms with Crippen molar-refractivity contribution >= 4 is 16.8 Å². The Balaban J connectivity index is 2.48. The molecule has 0 aromatic carbocycles. The van der Waals surface area contributed by atoms with Crippen LogP contribution in [0.2, 0.25) is 0 Å². The van der Waals surface area contributed by atoms with Gasteiger partial charge in [-0.05, 0) is 50.1 Å². The summed E-state index contributed by atoms with van der Waals surface area (Å²) in [6.45, 7) is 0. The lowest BCUT2D eigenvalue weighted by Crippen LogP contribution is -2.07. The molecule has 0 spiro atoms. The maximum absolute atomic E-state index is 11.1. The lowest BCUT2D eigenvalue weighted by Gasteiger charge is -2.08. The van der Waals surface area contributed by atoms with E-state index in [2.05, 4.69) is 24.3 Å². The summed E-state index contributed by atoms with van der Waals surface area (Å²) < 4.78 is 0. The van der Waals surface area contributed by atoms with Crippen molar-refractivity contribution in [2.24, 2.45) is 5.92 Å². The molecular weight excluding hydrogens is 196 g/mol. The zero-order chi connectivity index (χ0) is 10.2. The number of carbonyl (C=O) groups excluding carboxylic acids is 1. The number of carbonyl (C=O) groups is 1. The first-order chi connectivity index (χ1) is 6.80. The summed E-state index contributed by atoms with van der Waals surface area (Å²) in [7, 11) is 0. The highest BCUT2D eigenvalue weighted by Crippen LogP contribution is 2.18. The third-order valence-corrected chi connectivity index (χ3v) is 2.81. The van der Waals surface area contributed by atoms with Gasteiger partial charge in [0.15, 0.2) is 0 Å². The Morgan fingerprint density at radius 2 is 1.71 bits per heavy atom. The topological polar surface area (TPSA) is 17.1 Å². The average Bonchev–Trinajstić information content (AvgIpc) is 2.21. The molecule has 0 amide bonds. The second-order valence-corrected chi connectivity index (χ2v) is 4.06. The minimum Gasteiger partial charge on any atom is -0.281 e. The third-order valence-electron chi connectivity index (χ3n) is 2.50. The zero-order valence-electron chi connectivity index (χ0n) is 8.42. The summed E-state index contributed by atoms with van der Waals surface area (Å²) in [6, 6.07) is 0. The molecule has 0 N–H and O–H groups in total.